The van der Waals surface area contributed by atoms with E-state index < -0.39 is 10.0 Å². The van der Waals surface area contributed by atoms with E-state index in [9.17, 15) is 13.2 Å². The Labute approximate surface area is 168 Å². The predicted octanol–water partition coefficient (Wildman–Crippen LogP) is 1.60. The third-order valence-corrected chi connectivity index (χ3v) is 7.68. The average Bonchev–Trinajstić information content (AvgIpc) is 3.39. The molecule has 4 rings (SSSR count). The summed E-state index contributed by atoms with van der Waals surface area (Å²) in [5, 5.41) is 4.99. The summed E-state index contributed by atoms with van der Waals surface area (Å²) in [6.07, 6.45) is 3.15. The number of hydrogen-bond acceptors (Lipinski definition) is 6. The highest BCUT2D eigenvalue weighted by atomic mass is 32.2. The number of carbonyl (C=O) groups excluding carboxylic acids is 1. The molecule has 3 unspecified atom stereocenters. The lowest BCUT2D eigenvalue weighted by Crippen LogP contribution is -2.53. The van der Waals surface area contributed by atoms with Gasteiger partial charge in [-0.2, -0.15) is 0 Å². The van der Waals surface area contributed by atoms with Gasteiger partial charge in [-0.25, -0.2) is 13.1 Å². The van der Waals surface area contributed by atoms with Crippen LogP contribution in [0.1, 0.15) is 34.5 Å². The zero-order valence-corrected chi connectivity index (χ0v) is 17.0. The first-order valence-electron chi connectivity index (χ1n) is 9.44. The summed E-state index contributed by atoms with van der Waals surface area (Å²) in [5.74, 6) is 0.280. The van der Waals surface area contributed by atoms with Crippen LogP contribution in [-0.4, -0.2) is 33.0 Å². The Kier molecular flexibility index (Phi) is 5.79. The second-order valence-corrected chi connectivity index (χ2v) is 10.1. The van der Waals surface area contributed by atoms with E-state index in [0.29, 0.717) is 11.5 Å². The van der Waals surface area contributed by atoms with E-state index in [1.165, 1.54) is 23.5 Å². The van der Waals surface area contributed by atoms with Crippen LogP contribution >= 0.6 is 11.3 Å². The van der Waals surface area contributed by atoms with Crippen molar-refractivity contribution in [3.8, 4) is 0 Å². The third kappa shape index (κ3) is 4.28. The highest BCUT2D eigenvalue weighted by molar-refractivity contribution is 7.89. The molecule has 0 spiro atoms. The van der Waals surface area contributed by atoms with Crippen molar-refractivity contribution in [1.29, 1.82) is 0 Å². The predicted molar refractivity (Wildman–Crippen MR) is 108 cm³/mol. The van der Waals surface area contributed by atoms with Crippen LogP contribution in [0.5, 0.6) is 0 Å². The molecule has 4 N–H and O–H groups in total. The van der Waals surface area contributed by atoms with Crippen molar-refractivity contribution in [3.05, 3.63) is 52.2 Å². The number of carbonyl (C=O) groups is 1. The molecule has 2 heterocycles. The fourth-order valence-electron chi connectivity index (χ4n) is 3.92. The largest absolute Gasteiger partial charge is 0.348 e. The molecule has 3 atom stereocenters. The maximum atomic E-state index is 12.8. The smallest absolute Gasteiger partial charge is 0.251 e. The van der Waals surface area contributed by atoms with E-state index in [4.69, 9.17) is 0 Å². The number of rotatable bonds is 6. The molecule has 1 aromatic carbocycles. The van der Waals surface area contributed by atoms with Gasteiger partial charge in [0.25, 0.3) is 5.91 Å². The maximum absolute atomic E-state index is 12.8. The van der Waals surface area contributed by atoms with Crippen LogP contribution in [0, 0.1) is 5.92 Å². The number of sulfonamides is 1. The quantitative estimate of drug-likeness (QED) is 0.569. The molecular formula is C19H24N4O3S2. The Morgan fingerprint density at radius 3 is 2.93 bits per heavy atom. The van der Waals surface area contributed by atoms with Crippen LogP contribution in [-0.2, 0) is 16.6 Å². The zero-order chi connectivity index (χ0) is 19.6. The minimum absolute atomic E-state index is 0.0402. The van der Waals surface area contributed by atoms with E-state index in [0.717, 1.165) is 30.7 Å². The Balaban J connectivity index is 1.44. The highest BCUT2D eigenvalue weighted by Gasteiger charge is 2.37. The maximum Gasteiger partial charge on any atom is 0.251 e. The van der Waals surface area contributed by atoms with Crippen molar-refractivity contribution in [2.45, 2.75) is 42.8 Å². The van der Waals surface area contributed by atoms with Gasteiger partial charge in [0.2, 0.25) is 10.0 Å². The molecule has 2 fully saturated rings. The molecule has 1 saturated heterocycles. The topological polar surface area (TPSA) is 99.3 Å². The number of hydrogen-bond donors (Lipinski definition) is 4. The molecule has 0 radical (unpaired) electrons. The van der Waals surface area contributed by atoms with Gasteiger partial charge >= 0.3 is 0 Å². The Morgan fingerprint density at radius 2 is 2.11 bits per heavy atom. The number of nitrogens with one attached hydrogen (secondary N) is 4. The van der Waals surface area contributed by atoms with E-state index in [-0.39, 0.29) is 29.4 Å². The molecule has 2 aliphatic rings. The Morgan fingerprint density at radius 1 is 1.21 bits per heavy atom. The normalized spacial score (nSPS) is 24.6. The van der Waals surface area contributed by atoms with Gasteiger partial charge in [0.1, 0.15) is 0 Å². The summed E-state index contributed by atoms with van der Waals surface area (Å²) >= 11 is 1.49. The second-order valence-electron chi connectivity index (χ2n) is 7.25. The van der Waals surface area contributed by atoms with Gasteiger partial charge in [-0.15, -0.1) is 11.3 Å². The molecule has 1 amide bonds. The molecule has 2 aromatic rings. The minimum Gasteiger partial charge on any atom is -0.348 e. The lowest BCUT2D eigenvalue weighted by Gasteiger charge is -2.33. The van der Waals surface area contributed by atoms with Crippen LogP contribution < -0.4 is 20.9 Å². The first-order chi connectivity index (χ1) is 13.5. The first-order valence-corrected chi connectivity index (χ1v) is 11.8. The Bertz CT molecular complexity index is 930. The lowest BCUT2D eigenvalue weighted by atomic mass is 9.82. The molecule has 9 heteroatoms. The lowest BCUT2D eigenvalue weighted by molar-refractivity contribution is 0.0909. The van der Waals surface area contributed by atoms with Crippen molar-refractivity contribution < 1.29 is 13.2 Å². The summed E-state index contributed by atoms with van der Waals surface area (Å²) < 4.78 is 27.8. The van der Waals surface area contributed by atoms with Gasteiger partial charge in [0.15, 0.2) is 0 Å². The molecule has 1 aromatic heterocycles. The molecule has 150 valence electrons. The summed E-state index contributed by atoms with van der Waals surface area (Å²) in [6, 6.07) is 10.2. The average molecular weight is 421 g/mol. The molecule has 28 heavy (non-hydrogen) atoms. The number of hydrazine groups is 1. The fraction of sp³-hybridized carbons (Fsp3) is 0.421. The Hall–Kier alpha value is -1.78. The molecule has 1 aliphatic heterocycles. The van der Waals surface area contributed by atoms with Crippen molar-refractivity contribution in [3.63, 3.8) is 0 Å². The van der Waals surface area contributed by atoms with Gasteiger partial charge in [0.05, 0.1) is 4.90 Å². The van der Waals surface area contributed by atoms with Gasteiger partial charge in [0, 0.05) is 35.6 Å². The van der Waals surface area contributed by atoms with Crippen molar-refractivity contribution in [1.82, 2.24) is 20.9 Å². The summed E-state index contributed by atoms with van der Waals surface area (Å²) in [5.41, 5.74) is 6.79. The van der Waals surface area contributed by atoms with Crippen LogP contribution in [0.2, 0.25) is 0 Å². The monoisotopic (exact) mass is 420 g/mol. The van der Waals surface area contributed by atoms with Crippen LogP contribution in [0.15, 0.2) is 46.7 Å². The molecular weight excluding hydrogens is 396 g/mol. The highest BCUT2D eigenvalue weighted by Crippen LogP contribution is 2.27. The summed E-state index contributed by atoms with van der Waals surface area (Å²) in [4.78, 5) is 13.8. The van der Waals surface area contributed by atoms with Gasteiger partial charge in [-0.1, -0.05) is 18.6 Å². The van der Waals surface area contributed by atoms with E-state index in [2.05, 4.69) is 20.9 Å². The first kappa shape index (κ1) is 19.5. The van der Waals surface area contributed by atoms with Crippen LogP contribution in [0.4, 0.5) is 0 Å². The zero-order valence-electron chi connectivity index (χ0n) is 15.4. The second kappa shape index (κ2) is 8.30. The number of fused-ring (bicyclic) bond motifs is 1. The molecule has 7 nitrogen and oxygen atoms in total. The fourth-order valence-corrected chi connectivity index (χ4v) is 5.71. The van der Waals surface area contributed by atoms with Gasteiger partial charge in [-0.3, -0.25) is 15.6 Å². The van der Waals surface area contributed by atoms with Crippen molar-refractivity contribution in [2.24, 2.45) is 5.92 Å². The summed E-state index contributed by atoms with van der Waals surface area (Å²) in [7, 11) is -3.69. The van der Waals surface area contributed by atoms with Crippen molar-refractivity contribution >= 4 is 27.3 Å². The SMILES string of the molecule is O=C(NC1CCCC2CNNC21)c1cccc(S(=O)(=O)NCc2cccs2)c1. The van der Waals surface area contributed by atoms with Gasteiger partial charge < -0.3 is 5.32 Å². The van der Waals surface area contributed by atoms with E-state index in [1.807, 2.05) is 17.5 Å². The van der Waals surface area contributed by atoms with Crippen LogP contribution in [0.25, 0.3) is 0 Å². The standard InChI is InChI=1S/C19H24N4O3S2/c24-19(22-17-8-2-5-14-11-20-23-18(14)17)13-4-1-7-16(10-13)28(25,26)21-12-15-6-3-9-27-15/h1,3-4,6-7,9-10,14,17-18,20-21,23H,2,5,8,11-12H2,(H,22,24). The van der Waals surface area contributed by atoms with Crippen LogP contribution in [0.3, 0.4) is 0 Å². The summed E-state index contributed by atoms with van der Waals surface area (Å²) in [6.45, 7) is 1.15. The molecule has 1 aliphatic carbocycles. The molecule has 0 bridgehead atoms. The van der Waals surface area contributed by atoms with E-state index in [1.54, 1.807) is 12.1 Å². The molecule has 1 saturated carbocycles. The van der Waals surface area contributed by atoms with Gasteiger partial charge in [-0.05, 0) is 48.4 Å². The minimum atomic E-state index is -3.69. The number of amides is 1. The number of thiophene rings is 1. The van der Waals surface area contributed by atoms with E-state index >= 15 is 0 Å². The third-order valence-electron chi connectivity index (χ3n) is 5.40. The van der Waals surface area contributed by atoms with Crippen molar-refractivity contribution in [2.75, 3.05) is 6.54 Å². The number of benzene rings is 1.